The first kappa shape index (κ1) is 15.0. The Morgan fingerprint density at radius 1 is 1.11 bits per heavy atom. The van der Waals surface area contributed by atoms with Crippen molar-refractivity contribution in [2.24, 2.45) is 0 Å². The van der Waals surface area contributed by atoms with Gasteiger partial charge in [0.25, 0.3) is 0 Å². The smallest absolute Gasteiger partial charge is 0.0425 e. The second-order valence-electron chi connectivity index (χ2n) is 5.25. The molecule has 0 fully saturated rings. The van der Waals surface area contributed by atoms with Crippen LogP contribution in [0.5, 0.6) is 0 Å². The van der Waals surface area contributed by atoms with E-state index in [1.165, 1.54) is 26.4 Å². The third-order valence-electron chi connectivity index (χ3n) is 3.44. The van der Waals surface area contributed by atoms with Gasteiger partial charge in [-0.15, -0.1) is 11.3 Å². The number of hydrogen-bond acceptors (Lipinski definition) is 1. The van der Waals surface area contributed by atoms with Crippen LogP contribution in [0, 0.1) is 0 Å². The van der Waals surface area contributed by atoms with Gasteiger partial charge in [-0.25, -0.2) is 0 Å². The average Bonchev–Trinajstić information content (AvgIpc) is 2.83. The molecule has 0 saturated heterocycles. The van der Waals surface area contributed by atoms with Crippen molar-refractivity contribution in [3.05, 3.63) is 46.3 Å². The van der Waals surface area contributed by atoms with Crippen LogP contribution in [0.2, 0.25) is 0 Å². The summed E-state index contributed by atoms with van der Waals surface area (Å²) in [5, 5.41) is 0. The van der Waals surface area contributed by atoms with E-state index in [-0.39, 0.29) is 0 Å². The van der Waals surface area contributed by atoms with Gasteiger partial charge >= 0.3 is 0 Å². The molecule has 1 aromatic heterocycles. The predicted molar refractivity (Wildman–Crippen MR) is 95.7 cm³/mol. The monoisotopic (exact) mass is 384 g/mol. The van der Waals surface area contributed by atoms with Gasteiger partial charge in [0.1, 0.15) is 0 Å². The number of rotatable bonds is 4. The van der Waals surface area contributed by atoms with Crippen LogP contribution in [-0.4, -0.2) is 0 Å². The minimum Gasteiger partial charge on any atom is -0.139 e. The molecule has 2 rings (SSSR count). The van der Waals surface area contributed by atoms with Gasteiger partial charge in [-0.1, -0.05) is 67.6 Å². The van der Waals surface area contributed by atoms with Crippen LogP contribution in [0.1, 0.15) is 53.5 Å². The molecule has 1 heterocycles. The Balaban J connectivity index is 2.40. The van der Waals surface area contributed by atoms with Crippen molar-refractivity contribution >= 4 is 33.9 Å². The summed E-state index contributed by atoms with van der Waals surface area (Å²) < 4.78 is 0.594. The van der Waals surface area contributed by atoms with E-state index < -0.39 is 0 Å². The van der Waals surface area contributed by atoms with Crippen molar-refractivity contribution in [3.63, 3.8) is 0 Å². The Hall–Kier alpha value is -0.350. The van der Waals surface area contributed by atoms with Gasteiger partial charge in [0.05, 0.1) is 0 Å². The number of thiophene rings is 1. The first-order valence-corrected chi connectivity index (χ1v) is 8.96. The molecule has 0 saturated carbocycles. The zero-order valence-electron chi connectivity index (χ0n) is 12.0. The standard InChI is InChI=1S/C17H21IS/c1-5-13-10-16(12(4)18)19-17(13)15-8-6-14(7-9-15)11(2)3/h6-12H,5H2,1-4H3. The summed E-state index contributed by atoms with van der Waals surface area (Å²) in [5.41, 5.74) is 4.27. The fourth-order valence-electron chi connectivity index (χ4n) is 2.17. The van der Waals surface area contributed by atoms with E-state index in [0.717, 1.165) is 6.42 Å². The maximum atomic E-state index is 2.50. The summed E-state index contributed by atoms with van der Waals surface area (Å²) >= 11 is 4.45. The van der Waals surface area contributed by atoms with Crippen LogP contribution >= 0.6 is 33.9 Å². The van der Waals surface area contributed by atoms with E-state index >= 15 is 0 Å². The maximum absolute atomic E-state index is 2.50. The van der Waals surface area contributed by atoms with Gasteiger partial charge in [-0.3, -0.25) is 0 Å². The van der Waals surface area contributed by atoms with E-state index in [0.29, 0.717) is 9.84 Å². The van der Waals surface area contributed by atoms with E-state index in [9.17, 15) is 0 Å². The molecule has 19 heavy (non-hydrogen) atoms. The third kappa shape index (κ3) is 3.40. The number of benzene rings is 1. The summed E-state index contributed by atoms with van der Waals surface area (Å²) in [6.45, 7) is 8.99. The van der Waals surface area contributed by atoms with E-state index in [4.69, 9.17) is 0 Å². The normalized spacial score (nSPS) is 12.9. The fraction of sp³-hybridized carbons (Fsp3) is 0.412. The maximum Gasteiger partial charge on any atom is 0.0425 e. The Labute approximate surface area is 134 Å². The lowest BCUT2D eigenvalue weighted by molar-refractivity contribution is 0.867. The van der Waals surface area contributed by atoms with E-state index in [2.05, 4.69) is 80.6 Å². The van der Waals surface area contributed by atoms with Crippen molar-refractivity contribution in [3.8, 4) is 10.4 Å². The molecular formula is C17H21IS. The number of hydrogen-bond donors (Lipinski definition) is 0. The number of aryl methyl sites for hydroxylation is 1. The van der Waals surface area contributed by atoms with Crippen LogP contribution < -0.4 is 0 Å². The highest BCUT2D eigenvalue weighted by Crippen LogP contribution is 2.38. The SMILES string of the molecule is CCc1cc(C(C)I)sc1-c1ccc(C(C)C)cc1. The zero-order valence-corrected chi connectivity index (χ0v) is 15.0. The molecule has 0 bridgehead atoms. The topological polar surface area (TPSA) is 0 Å². The quantitative estimate of drug-likeness (QED) is 0.412. The molecule has 0 aliphatic carbocycles. The van der Waals surface area contributed by atoms with Crippen molar-refractivity contribution in [2.75, 3.05) is 0 Å². The minimum atomic E-state index is 0.594. The number of alkyl halides is 1. The van der Waals surface area contributed by atoms with E-state index in [1.807, 2.05) is 11.3 Å². The Kier molecular flexibility index (Phi) is 5.07. The lowest BCUT2D eigenvalue weighted by Crippen LogP contribution is -1.87. The van der Waals surface area contributed by atoms with Crippen LogP contribution in [0.15, 0.2) is 30.3 Å². The third-order valence-corrected chi connectivity index (χ3v) is 5.94. The first-order chi connectivity index (χ1) is 9.02. The van der Waals surface area contributed by atoms with Gasteiger partial charge in [0.2, 0.25) is 0 Å². The van der Waals surface area contributed by atoms with Crippen molar-refractivity contribution in [1.29, 1.82) is 0 Å². The summed E-state index contributed by atoms with van der Waals surface area (Å²) in [4.78, 5) is 2.94. The number of halogens is 1. The molecule has 0 aliphatic heterocycles. The highest BCUT2D eigenvalue weighted by molar-refractivity contribution is 14.1. The van der Waals surface area contributed by atoms with Gasteiger partial charge < -0.3 is 0 Å². The molecular weight excluding hydrogens is 363 g/mol. The van der Waals surface area contributed by atoms with Gasteiger partial charge in [0, 0.05) is 13.7 Å². The van der Waals surface area contributed by atoms with Crippen LogP contribution in [0.4, 0.5) is 0 Å². The van der Waals surface area contributed by atoms with Crippen molar-refractivity contribution in [1.82, 2.24) is 0 Å². The highest BCUT2D eigenvalue weighted by Gasteiger charge is 2.12. The molecule has 0 nitrogen and oxygen atoms in total. The molecule has 0 radical (unpaired) electrons. The zero-order chi connectivity index (χ0) is 14.0. The fourth-order valence-corrected chi connectivity index (χ4v) is 3.92. The van der Waals surface area contributed by atoms with Crippen molar-refractivity contribution < 1.29 is 0 Å². The molecule has 1 unspecified atom stereocenters. The lowest BCUT2D eigenvalue weighted by Gasteiger charge is -2.07. The highest BCUT2D eigenvalue weighted by atomic mass is 127. The predicted octanol–water partition coefficient (Wildman–Crippen LogP) is 6.60. The Bertz CT molecular complexity index is 535. The van der Waals surface area contributed by atoms with Gasteiger partial charge in [-0.2, -0.15) is 0 Å². The second-order valence-corrected chi connectivity index (χ2v) is 8.20. The molecule has 1 atom stereocenters. The molecule has 102 valence electrons. The van der Waals surface area contributed by atoms with Crippen LogP contribution in [-0.2, 0) is 6.42 Å². The average molecular weight is 384 g/mol. The molecule has 0 amide bonds. The Morgan fingerprint density at radius 3 is 2.21 bits per heavy atom. The van der Waals surface area contributed by atoms with Gasteiger partial charge in [0.15, 0.2) is 0 Å². The Morgan fingerprint density at radius 2 is 1.74 bits per heavy atom. The molecule has 1 aromatic carbocycles. The van der Waals surface area contributed by atoms with Crippen LogP contribution in [0.3, 0.4) is 0 Å². The molecule has 2 aromatic rings. The van der Waals surface area contributed by atoms with Crippen molar-refractivity contribution in [2.45, 2.75) is 44.0 Å². The summed E-state index contributed by atoms with van der Waals surface area (Å²) in [5.74, 6) is 0.605. The molecule has 0 aliphatic rings. The molecule has 2 heteroatoms. The van der Waals surface area contributed by atoms with Crippen LogP contribution in [0.25, 0.3) is 10.4 Å². The minimum absolute atomic E-state index is 0.594. The molecule has 0 N–H and O–H groups in total. The first-order valence-electron chi connectivity index (χ1n) is 6.90. The summed E-state index contributed by atoms with van der Waals surface area (Å²) in [7, 11) is 0. The summed E-state index contributed by atoms with van der Waals surface area (Å²) in [6, 6.07) is 11.5. The molecule has 0 spiro atoms. The van der Waals surface area contributed by atoms with Gasteiger partial charge in [-0.05, 0) is 42.0 Å². The second kappa shape index (κ2) is 6.40. The van der Waals surface area contributed by atoms with E-state index in [1.54, 1.807) is 0 Å². The summed E-state index contributed by atoms with van der Waals surface area (Å²) in [6.07, 6.45) is 1.11. The lowest BCUT2D eigenvalue weighted by atomic mass is 10.00. The largest absolute Gasteiger partial charge is 0.139 e.